The molecule has 0 unspecified atom stereocenters. The van der Waals surface area contributed by atoms with E-state index in [4.69, 9.17) is 14.4 Å². The van der Waals surface area contributed by atoms with Gasteiger partial charge in [0.2, 0.25) is 5.89 Å². The maximum Gasteiger partial charge on any atom is 0.231 e. The zero-order chi connectivity index (χ0) is 35.6. The Hall–Kier alpha value is -5.22. The van der Waals surface area contributed by atoms with Crippen LogP contribution < -0.4 is 0 Å². The molecule has 252 valence electrons. The Labute approximate surface area is 295 Å². The number of pyridine rings is 1. The van der Waals surface area contributed by atoms with Gasteiger partial charge in [0.1, 0.15) is 11.3 Å². The lowest BCUT2D eigenvalue weighted by Crippen LogP contribution is -2.18. The molecule has 0 aliphatic carbocycles. The van der Waals surface area contributed by atoms with E-state index in [1.807, 2.05) is 18.3 Å². The van der Waals surface area contributed by atoms with Gasteiger partial charge in [-0.05, 0) is 93.1 Å². The summed E-state index contributed by atoms with van der Waals surface area (Å²) in [5.41, 5.74) is 12.7. The Morgan fingerprint density at radius 3 is 1.98 bits per heavy atom. The first-order chi connectivity index (χ1) is 23.6. The predicted molar refractivity (Wildman–Crippen MR) is 208 cm³/mol. The monoisotopic (exact) mass is 658 g/mol. The van der Waals surface area contributed by atoms with Gasteiger partial charge in [0.25, 0.3) is 0 Å². The van der Waals surface area contributed by atoms with Crippen molar-refractivity contribution in [2.24, 2.45) is 0 Å². The predicted octanol–water partition coefficient (Wildman–Crippen LogP) is 12.3. The molecular formula is C46H46N2O2. The standard InChI is InChI=1S/C46H46N2O2/c1-28-22-23-47-42-34(19-20-37(40(28)42)45(5,6)7)29-14-13-15-30(24-29)35-26-33(46(8,9)31-16-11-10-12-17-31)27-39-41(35)48-43(50-39)36-25-32(44(2,3)4)18-21-38(36)49/h10-27,49H,1-9H3. The Balaban J connectivity index is 1.46. The molecule has 0 aliphatic heterocycles. The van der Waals surface area contributed by atoms with E-state index in [0.29, 0.717) is 17.0 Å². The Kier molecular flexibility index (Phi) is 7.98. The second kappa shape index (κ2) is 12.0. The van der Waals surface area contributed by atoms with Crippen molar-refractivity contribution in [3.63, 3.8) is 0 Å². The van der Waals surface area contributed by atoms with Crippen molar-refractivity contribution in [1.29, 1.82) is 0 Å². The summed E-state index contributed by atoms with van der Waals surface area (Å²) in [4.78, 5) is 10.0. The highest BCUT2D eigenvalue weighted by Gasteiger charge is 2.27. The van der Waals surface area contributed by atoms with Gasteiger partial charge in [-0.15, -0.1) is 0 Å². The number of hydrogen-bond donors (Lipinski definition) is 1. The Morgan fingerprint density at radius 1 is 0.580 bits per heavy atom. The molecule has 2 aromatic heterocycles. The van der Waals surface area contributed by atoms with Crippen LogP contribution in [0.15, 0.2) is 114 Å². The van der Waals surface area contributed by atoms with Crippen LogP contribution >= 0.6 is 0 Å². The molecule has 0 saturated carbocycles. The lowest BCUT2D eigenvalue weighted by molar-refractivity contribution is 0.472. The second-order valence-electron chi connectivity index (χ2n) is 16.2. The van der Waals surface area contributed by atoms with Crippen LogP contribution in [0.4, 0.5) is 0 Å². The van der Waals surface area contributed by atoms with Gasteiger partial charge in [0.15, 0.2) is 5.58 Å². The number of aromatic hydroxyl groups is 1. The summed E-state index contributed by atoms with van der Waals surface area (Å²) < 4.78 is 6.59. The number of hydrogen-bond acceptors (Lipinski definition) is 4. The van der Waals surface area contributed by atoms with E-state index < -0.39 is 0 Å². The third-order valence-electron chi connectivity index (χ3n) is 10.2. The third kappa shape index (κ3) is 5.87. The third-order valence-corrected chi connectivity index (χ3v) is 10.2. The van der Waals surface area contributed by atoms with Crippen molar-refractivity contribution in [1.82, 2.24) is 9.97 Å². The van der Waals surface area contributed by atoms with Crippen LogP contribution in [0.2, 0.25) is 0 Å². The van der Waals surface area contributed by atoms with Crippen LogP contribution in [0.3, 0.4) is 0 Å². The topological polar surface area (TPSA) is 59.2 Å². The van der Waals surface area contributed by atoms with Crippen molar-refractivity contribution in [2.45, 2.75) is 78.6 Å². The Morgan fingerprint density at radius 2 is 1.28 bits per heavy atom. The van der Waals surface area contributed by atoms with E-state index >= 15 is 0 Å². The minimum atomic E-state index is -0.316. The molecule has 0 amide bonds. The first kappa shape index (κ1) is 33.3. The van der Waals surface area contributed by atoms with Crippen molar-refractivity contribution < 1.29 is 9.52 Å². The number of aromatic nitrogens is 2. The zero-order valence-corrected chi connectivity index (χ0v) is 30.6. The summed E-state index contributed by atoms with van der Waals surface area (Å²) in [6.45, 7) is 19.9. The molecule has 0 aliphatic rings. The quantitative estimate of drug-likeness (QED) is 0.200. The highest BCUT2D eigenvalue weighted by Crippen LogP contribution is 2.43. The van der Waals surface area contributed by atoms with E-state index in [1.54, 1.807) is 6.07 Å². The first-order valence-corrected chi connectivity index (χ1v) is 17.5. The number of benzene rings is 5. The number of fused-ring (bicyclic) bond motifs is 2. The molecule has 2 heterocycles. The lowest BCUT2D eigenvalue weighted by Gasteiger charge is -2.26. The fourth-order valence-corrected chi connectivity index (χ4v) is 7.06. The first-order valence-electron chi connectivity index (χ1n) is 17.5. The molecule has 7 rings (SSSR count). The molecule has 0 saturated heterocycles. The van der Waals surface area contributed by atoms with Crippen molar-refractivity contribution >= 4 is 22.0 Å². The van der Waals surface area contributed by atoms with Gasteiger partial charge >= 0.3 is 0 Å². The molecule has 7 aromatic rings. The smallest absolute Gasteiger partial charge is 0.231 e. The van der Waals surface area contributed by atoms with Crippen molar-refractivity contribution in [2.75, 3.05) is 0 Å². The average molecular weight is 659 g/mol. The minimum Gasteiger partial charge on any atom is -0.507 e. The summed E-state index contributed by atoms with van der Waals surface area (Å²) in [6.07, 6.45) is 1.91. The second-order valence-corrected chi connectivity index (χ2v) is 16.2. The highest BCUT2D eigenvalue weighted by molar-refractivity contribution is 6.00. The summed E-state index contributed by atoms with van der Waals surface area (Å²) in [5, 5.41) is 12.2. The highest BCUT2D eigenvalue weighted by atomic mass is 16.3. The van der Waals surface area contributed by atoms with Crippen LogP contribution in [0.5, 0.6) is 5.75 Å². The Bertz CT molecular complexity index is 2390. The molecular weight excluding hydrogens is 613 g/mol. The molecule has 50 heavy (non-hydrogen) atoms. The van der Waals surface area contributed by atoms with Gasteiger partial charge < -0.3 is 9.52 Å². The maximum absolute atomic E-state index is 11.0. The van der Waals surface area contributed by atoms with E-state index in [1.165, 1.54) is 22.1 Å². The van der Waals surface area contributed by atoms with Crippen LogP contribution in [0.1, 0.15) is 83.2 Å². The van der Waals surface area contributed by atoms with E-state index in [2.05, 4.69) is 147 Å². The number of rotatable bonds is 5. The molecule has 0 spiro atoms. The molecule has 0 atom stereocenters. The molecule has 0 bridgehead atoms. The van der Waals surface area contributed by atoms with Gasteiger partial charge in [-0.1, -0.05) is 122 Å². The number of aryl methyl sites for hydroxylation is 1. The normalized spacial score (nSPS) is 12.6. The fourth-order valence-electron chi connectivity index (χ4n) is 7.06. The number of phenolic OH excluding ortho intramolecular Hbond substituents is 1. The maximum atomic E-state index is 11.0. The number of phenols is 1. The van der Waals surface area contributed by atoms with E-state index in [9.17, 15) is 5.11 Å². The van der Waals surface area contributed by atoms with Crippen LogP contribution in [-0.2, 0) is 16.2 Å². The number of nitrogens with zero attached hydrogens (tertiary/aromatic N) is 2. The molecule has 4 nitrogen and oxygen atoms in total. The van der Waals surface area contributed by atoms with Gasteiger partial charge in [-0.2, -0.15) is 0 Å². The minimum absolute atomic E-state index is 0.0183. The summed E-state index contributed by atoms with van der Waals surface area (Å²) in [7, 11) is 0. The molecule has 0 fully saturated rings. The van der Waals surface area contributed by atoms with Crippen molar-refractivity contribution in [3.05, 3.63) is 137 Å². The van der Waals surface area contributed by atoms with Crippen LogP contribution in [0, 0.1) is 6.92 Å². The van der Waals surface area contributed by atoms with Gasteiger partial charge in [-0.25, -0.2) is 4.98 Å². The van der Waals surface area contributed by atoms with Gasteiger partial charge in [0, 0.05) is 28.1 Å². The van der Waals surface area contributed by atoms with E-state index in [-0.39, 0.29) is 22.0 Å². The molecule has 0 radical (unpaired) electrons. The van der Waals surface area contributed by atoms with Crippen molar-refractivity contribution in [3.8, 4) is 39.5 Å². The molecule has 4 heteroatoms. The summed E-state index contributed by atoms with van der Waals surface area (Å²) >= 11 is 0. The lowest BCUT2D eigenvalue weighted by atomic mass is 9.77. The fraction of sp³-hybridized carbons (Fsp3) is 0.261. The van der Waals surface area contributed by atoms with E-state index in [0.717, 1.165) is 44.4 Å². The molecule has 5 aromatic carbocycles. The SMILES string of the molecule is Cc1ccnc2c(-c3cccc(-c4cc(C(C)(C)c5ccccc5)cc5oc(-c6cc(C(C)(C)C)ccc6O)nc45)c3)ccc(C(C)(C)C)c12. The summed E-state index contributed by atoms with van der Waals surface area (Å²) in [5.74, 6) is 0.547. The zero-order valence-electron chi connectivity index (χ0n) is 30.6. The van der Waals surface area contributed by atoms with Gasteiger partial charge in [-0.3, -0.25) is 4.98 Å². The summed E-state index contributed by atoms with van der Waals surface area (Å²) in [6, 6.07) is 35.9. The van der Waals surface area contributed by atoms with Crippen LogP contribution in [-0.4, -0.2) is 15.1 Å². The van der Waals surface area contributed by atoms with Gasteiger partial charge in [0.05, 0.1) is 11.1 Å². The number of oxazole rings is 1. The largest absolute Gasteiger partial charge is 0.507 e. The van der Waals surface area contributed by atoms with Crippen LogP contribution in [0.25, 0.3) is 55.7 Å². The average Bonchev–Trinajstić information content (AvgIpc) is 3.51. The molecule has 1 N–H and O–H groups in total.